The number of carbonyl (C=O) groups excluding carboxylic acids is 1. The number of hydrogen-bond acceptors (Lipinski definition) is 4. The quantitative estimate of drug-likeness (QED) is 0.429. The summed E-state index contributed by atoms with van der Waals surface area (Å²) >= 11 is 0. The first-order chi connectivity index (χ1) is 16.0. The molecule has 3 fully saturated rings. The summed E-state index contributed by atoms with van der Waals surface area (Å²) in [5.74, 6) is 0.278. The molecule has 4 aliphatic rings. The summed E-state index contributed by atoms with van der Waals surface area (Å²) in [6.45, 7) is 8.72. The van der Waals surface area contributed by atoms with Gasteiger partial charge in [-0.3, -0.25) is 4.79 Å². The Labute approximate surface area is 204 Å². The first kappa shape index (κ1) is 24.2. The molecule has 0 saturated heterocycles. The van der Waals surface area contributed by atoms with E-state index in [0.717, 1.165) is 44.1 Å². The largest absolute Gasteiger partial charge is 0.382 e. The van der Waals surface area contributed by atoms with Gasteiger partial charge in [-0.25, -0.2) is 0 Å². The van der Waals surface area contributed by atoms with Gasteiger partial charge in [0.2, 0.25) is 0 Å². The number of fused-ring (bicyclic) bond motifs is 5. The third kappa shape index (κ3) is 3.55. The lowest BCUT2D eigenvalue weighted by atomic mass is 9.46. The Bertz CT molecular complexity index is 982. The average molecular weight is 467 g/mol. The van der Waals surface area contributed by atoms with Crippen molar-refractivity contribution >= 4 is 5.78 Å². The van der Waals surface area contributed by atoms with E-state index in [9.17, 15) is 15.0 Å². The molecular formula is C30H42O4. The SMILES string of the molecule is CCc1ccc(CO[C@@]2(O)CC[C@@]3(C)C(=CCC4C3CC[C@@]3(C)C4CC[C@@]3(O)C(C)=O)C2)cc1. The number of ether oxygens (including phenoxy) is 1. The van der Waals surface area contributed by atoms with E-state index in [0.29, 0.717) is 43.6 Å². The average Bonchev–Trinajstić information content (AvgIpc) is 3.11. The highest BCUT2D eigenvalue weighted by atomic mass is 16.6. The molecule has 4 nitrogen and oxygen atoms in total. The lowest BCUT2D eigenvalue weighted by Crippen LogP contribution is -2.57. The molecule has 7 atom stereocenters. The maximum Gasteiger partial charge on any atom is 0.169 e. The molecule has 2 N–H and O–H groups in total. The van der Waals surface area contributed by atoms with E-state index >= 15 is 0 Å². The van der Waals surface area contributed by atoms with Crippen LogP contribution in [0, 0.1) is 28.6 Å². The highest BCUT2D eigenvalue weighted by molar-refractivity contribution is 5.86. The van der Waals surface area contributed by atoms with Gasteiger partial charge in [0.05, 0.1) is 6.61 Å². The first-order valence-corrected chi connectivity index (χ1v) is 13.4. The van der Waals surface area contributed by atoms with Crippen molar-refractivity contribution in [3.63, 3.8) is 0 Å². The Morgan fingerprint density at radius 3 is 2.35 bits per heavy atom. The highest BCUT2D eigenvalue weighted by Gasteiger charge is 2.65. The summed E-state index contributed by atoms with van der Waals surface area (Å²) in [6, 6.07) is 8.47. The van der Waals surface area contributed by atoms with Crippen molar-refractivity contribution in [2.45, 2.75) is 103 Å². The summed E-state index contributed by atoms with van der Waals surface area (Å²) in [4.78, 5) is 12.4. The van der Waals surface area contributed by atoms with E-state index in [1.54, 1.807) is 6.92 Å². The molecule has 0 heterocycles. The molecule has 1 aromatic rings. The molecule has 0 spiro atoms. The van der Waals surface area contributed by atoms with Crippen LogP contribution >= 0.6 is 0 Å². The molecule has 5 rings (SSSR count). The van der Waals surface area contributed by atoms with Gasteiger partial charge >= 0.3 is 0 Å². The molecule has 1 aromatic carbocycles. The summed E-state index contributed by atoms with van der Waals surface area (Å²) in [6.07, 6.45) is 10.0. The van der Waals surface area contributed by atoms with Crippen LogP contribution < -0.4 is 0 Å². The predicted octanol–water partition coefficient (Wildman–Crippen LogP) is 5.74. The maximum absolute atomic E-state index is 12.4. The van der Waals surface area contributed by atoms with Crippen LogP contribution in [0.15, 0.2) is 35.9 Å². The lowest BCUT2D eigenvalue weighted by molar-refractivity contribution is -0.232. The summed E-state index contributed by atoms with van der Waals surface area (Å²) in [5, 5.41) is 22.7. The number of rotatable bonds is 5. The van der Waals surface area contributed by atoms with Crippen LogP contribution in [0.25, 0.3) is 0 Å². The minimum absolute atomic E-state index is 0.0570. The minimum Gasteiger partial charge on any atom is -0.382 e. The molecule has 4 aliphatic carbocycles. The van der Waals surface area contributed by atoms with Crippen molar-refractivity contribution < 1.29 is 19.7 Å². The molecule has 3 unspecified atom stereocenters. The summed E-state index contributed by atoms with van der Waals surface area (Å²) < 4.78 is 6.14. The van der Waals surface area contributed by atoms with Crippen LogP contribution in [0.5, 0.6) is 0 Å². The second-order valence-electron chi connectivity index (χ2n) is 12.3. The van der Waals surface area contributed by atoms with Crippen molar-refractivity contribution in [3.8, 4) is 0 Å². The van der Waals surface area contributed by atoms with E-state index in [-0.39, 0.29) is 16.6 Å². The van der Waals surface area contributed by atoms with Gasteiger partial charge in [-0.05, 0) is 86.2 Å². The second-order valence-corrected chi connectivity index (χ2v) is 12.3. The zero-order valence-corrected chi connectivity index (χ0v) is 21.4. The van der Waals surface area contributed by atoms with Gasteiger partial charge < -0.3 is 14.9 Å². The Morgan fingerprint density at radius 2 is 1.68 bits per heavy atom. The van der Waals surface area contributed by atoms with Crippen LogP contribution in [0.4, 0.5) is 0 Å². The molecule has 0 aliphatic heterocycles. The molecule has 186 valence electrons. The number of hydrogen-bond donors (Lipinski definition) is 2. The van der Waals surface area contributed by atoms with Crippen molar-refractivity contribution in [1.29, 1.82) is 0 Å². The van der Waals surface area contributed by atoms with Gasteiger partial charge in [-0.15, -0.1) is 0 Å². The van der Waals surface area contributed by atoms with Crippen LogP contribution in [-0.2, 0) is 22.6 Å². The van der Waals surface area contributed by atoms with Crippen LogP contribution in [0.3, 0.4) is 0 Å². The van der Waals surface area contributed by atoms with E-state index in [2.05, 4.69) is 51.1 Å². The number of allylic oxidation sites excluding steroid dienone is 1. The molecule has 4 heteroatoms. The van der Waals surface area contributed by atoms with Gasteiger partial charge in [0.15, 0.2) is 11.6 Å². The molecule has 0 amide bonds. The lowest BCUT2D eigenvalue weighted by Gasteiger charge is -2.59. The van der Waals surface area contributed by atoms with E-state index < -0.39 is 11.4 Å². The van der Waals surface area contributed by atoms with E-state index in [1.807, 2.05) is 0 Å². The fourth-order valence-electron chi connectivity index (χ4n) is 8.42. The number of ketones is 1. The maximum atomic E-state index is 12.4. The van der Waals surface area contributed by atoms with Crippen molar-refractivity contribution in [3.05, 3.63) is 47.0 Å². The van der Waals surface area contributed by atoms with E-state index in [4.69, 9.17) is 4.74 Å². The number of Topliss-reactive ketones (excluding diaryl/α,β-unsaturated/α-hetero) is 1. The minimum atomic E-state index is -1.16. The van der Waals surface area contributed by atoms with Gasteiger partial charge in [0.25, 0.3) is 0 Å². The van der Waals surface area contributed by atoms with E-state index in [1.165, 1.54) is 11.1 Å². The Hall–Kier alpha value is -1.49. The summed E-state index contributed by atoms with van der Waals surface area (Å²) in [7, 11) is 0. The van der Waals surface area contributed by atoms with Crippen molar-refractivity contribution in [2.75, 3.05) is 0 Å². The van der Waals surface area contributed by atoms with Crippen molar-refractivity contribution in [2.24, 2.45) is 28.6 Å². The van der Waals surface area contributed by atoms with Gasteiger partial charge in [-0.1, -0.05) is 56.7 Å². The third-order valence-electron chi connectivity index (χ3n) is 10.8. The van der Waals surface area contributed by atoms with Crippen LogP contribution in [0.2, 0.25) is 0 Å². The number of benzene rings is 1. The molecule has 0 aromatic heterocycles. The topological polar surface area (TPSA) is 66.8 Å². The van der Waals surface area contributed by atoms with Gasteiger partial charge in [0, 0.05) is 18.3 Å². The van der Waals surface area contributed by atoms with Gasteiger partial charge in [0.1, 0.15) is 5.60 Å². The van der Waals surface area contributed by atoms with Crippen LogP contribution in [0.1, 0.15) is 90.2 Å². The monoisotopic (exact) mass is 466 g/mol. The highest BCUT2D eigenvalue weighted by Crippen LogP contribution is 2.67. The third-order valence-corrected chi connectivity index (χ3v) is 10.8. The second kappa shape index (κ2) is 8.28. The van der Waals surface area contributed by atoms with Crippen molar-refractivity contribution in [1.82, 2.24) is 0 Å². The molecular weight excluding hydrogens is 424 g/mol. The predicted molar refractivity (Wildman–Crippen MR) is 133 cm³/mol. The number of aliphatic hydroxyl groups is 2. The number of carbonyl (C=O) groups is 1. The Morgan fingerprint density at radius 1 is 1.00 bits per heavy atom. The number of aryl methyl sites for hydroxylation is 1. The fourth-order valence-corrected chi connectivity index (χ4v) is 8.42. The fraction of sp³-hybridized carbons (Fsp3) is 0.700. The zero-order chi connectivity index (χ0) is 24.4. The molecule has 34 heavy (non-hydrogen) atoms. The van der Waals surface area contributed by atoms with Crippen LogP contribution in [-0.4, -0.2) is 27.4 Å². The molecule has 0 bridgehead atoms. The smallest absolute Gasteiger partial charge is 0.169 e. The Balaban J connectivity index is 1.32. The Kier molecular flexibility index (Phi) is 5.90. The first-order valence-electron chi connectivity index (χ1n) is 13.4. The molecule has 3 saturated carbocycles. The standard InChI is InChI=1S/C30H42O4/c1-5-21-6-8-22(9-7-21)19-34-29(32)17-16-27(3)23(18-29)10-11-24-25(27)12-14-28(4)26(24)13-15-30(28,33)20(2)31/h6-10,24-26,32-33H,5,11-19H2,1-4H3/t24?,25?,26?,27-,28-,29-,30+/m0/s1. The van der Waals surface area contributed by atoms with Gasteiger partial charge in [-0.2, -0.15) is 0 Å². The normalized spacial score (nSPS) is 43.5. The molecule has 0 radical (unpaired) electrons. The zero-order valence-electron chi connectivity index (χ0n) is 21.4. The summed E-state index contributed by atoms with van der Waals surface area (Å²) in [5.41, 5.74) is 2.36.